The van der Waals surface area contributed by atoms with Crippen molar-refractivity contribution in [1.82, 2.24) is 25.2 Å². The van der Waals surface area contributed by atoms with Gasteiger partial charge in [0.05, 0.1) is 17.4 Å². The third-order valence-corrected chi connectivity index (χ3v) is 9.17. The minimum atomic E-state index is -0.315. The van der Waals surface area contributed by atoms with Crippen molar-refractivity contribution in [2.75, 3.05) is 47.8 Å². The molecule has 37 heavy (non-hydrogen) atoms. The number of anilines is 4. The largest absolute Gasteiger partial charge is 0.368 e. The highest BCUT2D eigenvalue weighted by atomic mass is 16.2. The summed E-state index contributed by atoms with van der Waals surface area (Å²) in [6, 6.07) is 4.65. The summed E-state index contributed by atoms with van der Waals surface area (Å²) in [6.07, 6.45) is 17.7. The van der Waals surface area contributed by atoms with E-state index in [2.05, 4.69) is 41.4 Å². The Balaban J connectivity index is 1.08. The summed E-state index contributed by atoms with van der Waals surface area (Å²) in [5, 5.41) is 6.47. The summed E-state index contributed by atoms with van der Waals surface area (Å²) >= 11 is 0. The molecule has 1 amide bonds. The summed E-state index contributed by atoms with van der Waals surface area (Å²) in [5.41, 5.74) is 2.05. The van der Waals surface area contributed by atoms with Crippen LogP contribution in [0.2, 0.25) is 0 Å². The number of amides is 1. The standard InChI is InChI=1S/C28H36N8O/c37-26-23-9-7-20-17-30-27(33-25(20)36(23)28(19-31-26)11-2-1-3-12-28)32-24-10-8-22(18-29-24)35-15-13-34(14-16-35)21-5-4-6-21/h7-10,17-18,21,23H,1-6,11-16,19H2,(H,31,37)(H,29,30,32,33). The normalized spacial score (nSPS) is 25.3. The molecule has 0 aromatic carbocycles. The van der Waals surface area contributed by atoms with Crippen LogP contribution in [-0.2, 0) is 4.79 Å². The van der Waals surface area contributed by atoms with Crippen molar-refractivity contribution in [3.8, 4) is 0 Å². The molecule has 9 heteroatoms. The Kier molecular flexibility index (Phi) is 5.75. The molecular weight excluding hydrogens is 464 g/mol. The van der Waals surface area contributed by atoms with Gasteiger partial charge in [0.2, 0.25) is 11.9 Å². The van der Waals surface area contributed by atoms with Crippen LogP contribution in [0.3, 0.4) is 0 Å². The van der Waals surface area contributed by atoms with Crippen molar-refractivity contribution in [1.29, 1.82) is 0 Å². The van der Waals surface area contributed by atoms with E-state index >= 15 is 0 Å². The highest BCUT2D eigenvalue weighted by Gasteiger charge is 2.49. The van der Waals surface area contributed by atoms with E-state index in [4.69, 9.17) is 4.98 Å². The lowest BCUT2D eigenvalue weighted by molar-refractivity contribution is -0.123. The molecule has 1 spiro atoms. The molecule has 2 aromatic rings. The van der Waals surface area contributed by atoms with E-state index in [-0.39, 0.29) is 17.5 Å². The molecule has 2 saturated carbocycles. The predicted octanol–water partition coefficient (Wildman–Crippen LogP) is 3.32. The second kappa shape index (κ2) is 9.28. The Morgan fingerprint density at radius 1 is 0.973 bits per heavy atom. The SMILES string of the molecule is O=C1NCC2(CCCCC2)N2c3nc(Nc4ccc(N5CCN(C6CCC6)CC5)cn4)ncc3C=CC12. The first kappa shape index (κ1) is 23.0. The third-order valence-electron chi connectivity index (χ3n) is 9.17. The molecule has 1 unspecified atom stereocenters. The van der Waals surface area contributed by atoms with Gasteiger partial charge in [0.25, 0.3) is 0 Å². The number of piperazine rings is 2. The van der Waals surface area contributed by atoms with Crippen LogP contribution in [0.4, 0.5) is 23.3 Å². The van der Waals surface area contributed by atoms with Crippen molar-refractivity contribution in [3.63, 3.8) is 0 Å². The van der Waals surface area contributed by atoms with Crippen LogP contribution in [0.15, 0.2) is 30.6 Å². The van der Waals surface area contributed by atoms with Gasteiger partial charge in [0.1, 0.15) is 17.7 Å². The van der Waals surface area contributed by atoms with Gasteiger partial charge >= 0.3 is 0 Å². The number of fused-ring (bicyclic) bond motifs is 4. The highest BCUT2D eigenvalue weighted by Crippen LogP contribution is 2.43. The number of aromatic nitrogens is 3. The molecule has 9 nitrogen and oxygen atoms in total. The summed E-state index contributed by atoms with van der Waals surface area (Å²) in [7, 11) is 0. The second-order valence-corrected chi connectivity index (χ2v) is 11.3. The zero-order valence-electron chi connectivity index (χ0n) is 21.4. The first-order valence-corrected chi connectivity index (χ1v) is 14.0. The van der Waals surface area contributed by atoms with Gasteiger partial charge in [0.15, 0.2) is 0 Å². The van der Waals surface area contributed by atoms with E-state index in [9.17, 15) is 4.79 Å². The van der Waals surface area contributed by atoms with E-state index in [1.807, 2.05) is 30.6 Å². The molecule has 2 aromatic heterocycles. The summed E-state index contributed by atoms with van der Waals surface area (Å²) in [5.74, 6) is 2.14. The number of nitrogens with zero attached hydrogens (tertiary/aromatic N) is 6. The fraction of sp³-hybridized carbons (Fsp3) is 0.571. The number of nitrogens with one attached hydrogen (secondary N) is 2. The number of carbonyl (C=O) groups is 1. The number of hydrogen-bond donors (Lipinski definition) is 2. The molecule has 5 aliphatic rings. The summed E-state index contributed by atoms with van der Waals surface area (Å²) < 4.78 is 0. The average Bonchev–Trinajstić information content (AvgIpc) is 2.91. The van der Waals surface area contributed by atoms with Gasteiger partial charge in [-0.2, -0.15) is 4.98 Å². The Morgan fingerprint density at radius 2 is 1.81 bits per heavy atom. The van der Waals surface area contributed by atoms with E-state index < -0.39 is 0 Å². The van der Waals surface area contributed by atoms with Gasteiger partial charge in [-0.1, -0.05) is 37.8 Å². The number of hydrogen-bond acceptors (Lipinski definition) is 8. The Hall–Kier alpha value is -3.20. The molecule has 2 saturated heterocycles. The molecule has 5 heterocycles. The molecule has 1 atom stereocenters. The molecule has 0 radical (unpaired) electrons. The minimum Gasteiger partial charge on any atom is -0.368 e. The number of carbonyl (C=O) groups excluding carboxylic acids is 1. The highest BCUT2D eigenvalue weighted by molar-refractivity contribution is 5.93. The second-order valence-electron chi connectivity index (χ2n) is 11.3. The van der Waals surface area contributed by atoms with Crippen molar-refractivity contribution in [3.05, 3.63) is 36.2 Å². The molecule has 0 bridgehead atoms. The minimum absolute atomic E-state index is 0.0528. The van der Waals surface area contributed by atoms with Gasteiger partial charge in [0, 0.05) is 50.5 Å². The summed E-state index contributed by atoms with van der Waals surface area (Å²) in [6.45, 7) is 5.07. The maximum absolute atomic E-state index is 12.8. The molecule has 3 aliphatic heterocycles. The molecule has 2 aliphatic carbocycles. The van der Waals surface area contributed by atoms with E-state index in [1.165, 1.54) is 38.5 Å². The van der Waals surface area contributed by atoms with E-state index in [1.54, 1.807) is 0 Å². The van der Waals surface area contributed by atoms with Gasteiger partial charge in [-0.15, -0.1) is 0 Å². The molecule has 194 valence electrons. The van der Waals surface area contributed by atoms with Crippen LogP contribution in [0, 0.1) is 0 Å². The zero-order valence-corrected chi connectivity index (χ0v) is 21.4. The van der Waals surface area contributed by atoms with E-state index in [0.29, 0.717) is 12.5 Å². The van der Waals surface area contributed by atoms with Gasteiger partial charge in [-0.25, -0.2) is 9.97 Å². The number of rotatable bonds is 4. The van der Waals surface area contributed by atoms with E-state index in [0.717, 1.165) is 67.9 Å². The van der Waals surface area contributed by atoms with Crippen LogP contribution in [0.5, 0.6) is 0 Å². The number of pyridine rings is 1. The molecular formula is C28H36N8O. The first-order valence-electron chi connectivity index (χ1n) is 14.0. The first-order chi connectivity index (χ1) is 18.2. The Bertz CT molecular complexity index is 1180. The maximum Gasteiger partial charge on any atom is 0.246 e. The fourth-order valence-corrected chi connectivity index (χ4v) is 6.82. The lowest BCUT2D eigenvalue weighted by Gasteiger charge is -2.54. The lowest BCUT2D eigenvalue weighted by Crippen LogP contribution is -2.69. The average molecular weight is 501 g/mol. The van der Waals surface area contributed by atoms with Gasteiger partial charge < -0.3 is 20.4 Å². The molecule has 4 fully saturated rings. The zero-order chi connectivity index (χ0) is 24.8. The van der Waals surface area contributed by atoms with Crippen LogP contribution in [0.1, 0.15) is 56.9 Å². The van der Waals surface area contributed by atoms with Gasteiger partial charge in [-0.05, 0) is 37.8 Å². The third kappa shape index (κ3) is 4.13. The van der Waals surface area contributed by atoms with Crippen molar-refractivity contribution >= 4 is 35.3 Å². The smallest absolute Gasteiger partial charge is 0.246 e. The van der Waals surface area contributed by atoms with Crippen LogP contribution in [-0.4, -0.2) is 76.1 Å². The summed E-state index contributed by atoms with van der Waals surface area (Å²) in [4.78, 5) is 34.4. The van der Waals surface area contributed by atoms with Crippen molar-refractivity contribution < 1.29 is 4.79 Å². The predicted molar refractivity (Wildman–Crippen MR) is 145 cm³/mol. The fourth-order valence-electron chi connectivity index (χ4n) is 6.82. The van der Waals surface area contributed by atoms with Crippen molar-refractivity contribution in [2.45, 2.75) is 69.0 Å². The Labute approximate surface area is 218 Å². The lowest BCUT2D eigenvalue weighted by atomic mass is 9.77. The monoisotopic (exact) mass is 500 g/mol. The topological polar surface area (TPSA) is 89.5 Å². The van der Waals surface area contributed by atoms with Crippen LogP contribution >= 0.6 is 0 Å². The molecule has 2 N–H and O–H groups in total. The maximum atomic E-state index is 12.8. The Morgan fingerprint density at radius 3 is 2.54 bits per heavy atom. The van der Waals surface area contributed by atoms with Crippen LogP contribution < -0.4 is 20.4 Å². The van der Waals surface area contributed by atoms with Gasteiger partial charge in [-0.3, -0.25) is 9.69 Å². The quantitative estimate of drug-likeness (QED) is 0.661. The van der Waals surface area contributed by atoms with Crippen molar-refractivity contribution in [2.24, 2.45) is 0 Å². The molecule has 7 rings (SSSR count). The van der Waals surface area contributed by atoms with Crippen LogP contribution in [0.25, 0.3) is 6.08 Å².